The number of aryl methyl sites for hydroxylation is 1. The molecule has 0 aromatic heterocycles. The maximum atomic E-state index is 10.6. The summed E-state index contributed by atoms with van der Waals surface area (Å²) >= 11 is 0. The van der Waals surface area contributed by atoms with E-state index in [4.69, 9.17) is 10.5 Å². The topological polar surface area (TPSA) is 100 Å². The molecule has 0 aliphatic rings. The smallest absolute Gasteiger partial charge is 0.313 e. The van der Waals surface area contributed by atoms with Gasteiger partial charge in [0, 0.05) is 5.71 Å². The molecule has 0 bridgehead atoms. The number of nitrogens with two attached hydrogens (primary N) is 1. The average Bonchev–Trinajstić information content (AvgIpc) is 2.40. The van der Waals surface area contributed by atoms with Crippen molar-refractivity contribution in [3.8, 4) is 11.8 Å². The number of methoxy groups -OCH3 is 1. The summed E-state index contributed by atoms with van der Waals surface area (Å²) in [5.41, 5.74) is 7.40. The molecular formula is C14H18N4O2. The molecule has 106 valence electrons. The van der Waals surface area contributed by atoms with Crippen molar-refractivity contribution < 1.29 is 9.53 Å². The van der Waals surface area contributed by atoms with Crippen LogP contribution in [0.3, 0.4) is 0 Å². The Morgan fingerprint density at radius 2 is 2.30 bits per heavy atom. The molecule has 1 aromatic rings. The third-order valence-electron chi connectivity index (χ3n) is 2.92. The Bertz CT molecular complexity index is 561. The molecule has 0 aliphatic carbocycles. The zero-order valence-corrected chi connectivity index (χ0v) is 11.8. The van der Waals surface area contributed by atoms with Gasteiger partial charge in [-0.3, -0.25) is 4.99 Å². The molecular weight excluding hydrogens is 256 g/mol. The highest BCUT2D eigenvalue weighted by Gasteiger charge is 2.16. The van der Waals surface area contributed by atoms with Crippen LogP contribution in [0, 0.1) is 18.3 Å². The molecule has 2 amide bonds. The van der Waals surface area contributed by atoms with E-state index in [0.717, 1.165) is 16.9 Å². The first-order valence-electron chi connectivity index (χ1n) is 6.08. The van der Waals surface area contributed by atoms with Crippen LogP contribution in [0.2, 0.25) is 0 Å². The predicted molar refractivity (Wildman–Crippen MR) is 76.8 cm³/mol. The highest BCUT2D eigenvalue weighted by atomic mass is 16.5. The second-order valence-electron chi connectivity index (χ2n) is 4.28. The van der Waals surface area contributed by atoms with Crippen molar-refractivity contribution in [3.63, 3.8) is 0 Å². The van der Waals surface area contributed by atoms with Gasteiger partial charge in [0.15, 0.2) is 0 Å². The summed E-state index contributed by atoms with van der Waals surface area (Å²) in [6, 6.07) is 7.10. The Balaban J connectivity index is 2.96. The lowest BCUT2D eigenvalue weighted by Gasteiger charge is -2.13. The molecule has 20 heavy (non-hydrogen) atoms. The van der Waals surface area contributed by atoms with Gasteiger partial charge in [0.25, 0.3) is 0 Å². The lowest BCUT2D eigenvalue weighted by molar-refractivity contribution is 0.249. The molecule has 1 rings (SSSR count). The van der Waals surface area contributed by atoms with Gasteiger partial charge in [-0.2, -0.15) is 5.26 Å². The first-order valence-corrected chi connectivity index (χ1v) is 6.08. The Morgan fingerprint density at radius 1 is 1.60 bits per heavy atom. The van der Waals surface area contributed by atoms with E-state index in [1.54, 1.807) is 14.0 Å². The number of nitrogens with zero attached hydrogens (tertiary/aromatic N) is 2. The number of rotatable bonds is 5. The first kappa shape index (κ1) is 15.5. The van der Waals surface area contributed by atoms with E-state index in [-0.39, 0.29) is 6.67 Å². The number of hydrogen-bond donors (Lipinski definition) is 2. The monoisotopic (exact) mass is 274 g/mol. The highest BCUT2D eigenvalue weighted by molar-refractivity contribution is 5.91. The quantitative estimate of drug-likeness (QED) is 0.799. The summed E-state index contributed by atoms with van der Waals surface area (Å²) in [6.45, 7) is 3.73. The van der Waals surface area contributed by atoms with Crippen LogP contribution in [-0.2, 0) is 0 Å². The van der Waals surface area contributed by atoms with Gasteiger partial charge < -0.3 is 15.8 Å². The van der Waals surface area contributed by atoms with Crippen LogP contribution in [0.4, 0.5) is 4.79 Å². The average molecular weight is 274 g/mol. The number of ether oxygens (including phenoxy) is 1. The standard InChI is InChI=1S/C14H18N4O2/c1-9-6-11(20-3)4-5-12(9)13(7-15)10(2)17-8-18-14(16)19/h4-6,13H,8H2,1-3H3,(H3,16,18,19)/b17-10-. The number of carbonyl (C=O) groups excluding carboxylic acids is 1. The third kappa shape index (κ3) is 3.99. The van der Waals surface area contributed by atoms with Crippen LogP contribution in [0.5, 0.6) is 5.75 Å². The number of primary amides is 1. The van der Waals surface area contributed by atoms with Crippen LogP contribution in [0.15, 0.2) is 23.2 Å². The molecule has 1 atom stereocenters. The van der Waals surface area contributed by atoms with Gasteiger partial charge >= 0.3 is 6.03 Å². The lowest BCUT2D eigenvalue weighted by atomic mass is 9.92. The van der Waals surface area contributed by atoms with Crippen LogP contribution < -0.4 is 15.8 Å². The van der Waals surface area contributed by atoms with E-state index in [9.17, 15) is 10.1 Å². The zero-order chi connectivity index (χ0) is 15.1. The summed E-state index contributed by atoms with van der Waals surface area (Å²) in [6.07, 6.45) is 0. The Kier molecular flexibility index (Phi) is 5.54. The number of hydrogen-bond acceptors (Lipinski definition) is 4. The molecule has 6 heteroatoms. The minimum Gasteiger partial charge on any atom is -0.497 e. The number of amides is 2. The molecule has 6 nitrogen and oxygen atoms in total. The van der Waals surface area contributed by atoms with Gasteiger partial charge in [-0.05, 0) is 37.1 Å². The largest absolute Gasteiger partial charge is 0.497 e. The molecule has 0 spiro atoms. The number of nitriles is 1. The van der Waals surface area contributed by atoms with Gasteiger partial charge in [0.1, 0.15) is 18.3 Å². The fourth-order valence-electron chi connectivity index (χ4n) is 1.82. The first-order chi connectivity index (χ1) is 9.49. The summed E-state index contributed by atoms with van der Waals surface area (Å²) < 4.78 is 5.14. The Hall–Kier alpha value is -2.55. The number of benzene rings is 1. The van der Waals surface area contributed by atoms with Crippen LogP contribution in [0.1, 0.15) is 24.0 Å². The van der Waals surface area contributed by atoms with E-state index in [0.29, 0.717) is 5.71 Å². The van der Waals surface area contributed by atoms with Gasteiger partial charge in [0.05, 0.1) is 13.2 Å². The van der Waals surface area contributed by atoms with Crippen LogP contribution in [-0.4, -0.2) is 25.5 Å². The molecule has 0 saturated carbocycles. The van der Waals surface area contributed by atoms with E-state index in [1.807, 2.05) is 25.1 Å². The second-order valence-corrected chi connectivity index (χ2v) is 4.28. The van der Waals surface area contributed by atoms with Gasteiger partial charge in [-0.25, -0.2) is 4.79 Å². The molecule has 1 unspecified atom stereocenters. The molecule has 0 radical (unpaired) electrons. The minimum absolute atomic E-state index is 0.0640. The van der Waals surface area contributed by atoms with Gasteiger partial charge in [-0.1, -0.05) is 6.07 Å². The number of urea groups is 1. The summed E-state index contributed by atoms with van der Waals surface area (Å²) in [5.74, 6) is 0.281. The van der Waals surface area contributed by atoms with Crippen molar-refractivity contribution >= 4 is 11.7 Å². The lowest BCUT2D eigenvalue weighted by Crippen LogP contribution is -2.29. The fourth-order valence-corrected chi connectivity index (χ4v) is 1.82. The SMILES string of the molecule is COc1ccc(C(C#N)/C(C)=N\CNC(N)=O)c(C)c1. The predicted octanol–water partition coefficient (Wildman–Crippen LogP) is 1.70. The normalized spacial score (nSPS) is 12.4. The van der Waals surface area contributed by atoms with E-state index < -0.39 is 11.9 Å². The van der Waals surface area contributed by atoms with Crippen molar-refractivity contribution in [1.29, 1.82) is 5.26 Å². The zero-order valence-electron chi connectivity index (χ0n) is 11.8. The molecule has 0 fully saturated rings. The van der Waals surface area contributed by atoms with Crippen molar-refractivity contribution in [1.82, 2.24) is 5.32 Å². The van der Waals surface area contributed by atoms with Crippen molar-refractivity contribution in [2.75, 3.05) is 13.8 Å². The molecule has 0 aliphatic heterocycles. The fraction of sp³-hybridized carbons (Fsp3) is 0.357. The van der Waals surface area contributed by atoms with Gasteiger partial charge in [0.2, 0.25) is 0 Å². The highest BCUT2D eigenvalue weighted by Crippen LogP contribution is 2.24. The van der Waals surface area contributed by atoms with Crippen LogP contribution in [0.25, 0.3) is 0 Å². The second kappa shape index (κ2) is 7.14. The van der Waals surface area contributed by atoms with Gasteiger partial charge in [-0.15, -0.1) is 0 Å². The maximum Gasteiger partial charge on any atom is 0.313 e. The summed E-state index contributed by atoms with van der Waals surface area (Å²) in [7, 11) is 1.60. The molecule has 0 heterocycles. The maximum absolute atomic E-state index is 10.6. The van der Waals surface area contributed by atoms with Crippen molar-refractivity contribution in [2.45, 2.75) is 19.8 Å². The van der Waals surface area contributed by atoms with Crippen molar-refractivity contribution in [2.24, 2.45) is 10.7 Å². The van der Waals surface area contributed by atoms with Crippen LogP contribution >= 0.6 is 0 Å². The number of nitrogens with one attached hydrogen (secondary N) is 1. The summed E-state index contributed by atoms with van der Waals surface area (Å²) in [5, 5.41) is 11.7. The molecule has 0 saturated heterocycles. The minimum atomic E-state index is -0.643. The van der Waals surface area contributed by atoms with E-state index in [2.05, 4.69) is 16.4 Å². The Morgan fingerprint density at radius 3 is 2.80 bits per heavy atom. The van der Waals surface area contributed by atoms with Crippen molar-refractivity contribution in [3.05, 3.63) is 29.3 Å². The van der Waals surface area contributed by atoms with E-state index in [1.165, 1.54) is 0 Å². The molecule has 3 N–H and O–H groups in total. The third-order valence-corrected chi connectivity index (χ3v) is 2.92. The molecule has 1 aromatic carbocycles. The van der Waals surface area contributed by atoms with E-state index >= 15 is 0 Å². The summed E-state index contributed by atoms with van der Waals surface area (Å²) in [4.78, 5) is 14.7. The number of aliphatic imine (C=N–C) groups is 1. The number of carbonyl (C=O) groups is 1. The Labute approximate surface area is 118 Å².